The van der Waals surface area contributed by atoms with Crippen molar-refractivity contribution in [1.29, 1.82) is 0 Å². The van der Waals surface area contributed by atoms with E-state index in [1.165, 1.54) is 25.0 Å². The van der Waals surface area contributed by atoms with Crippen LogP contribution in [0.4, 0.5) is 5.69 Å². The van der Waals surface area contributed by atoms with Crippen LogP contribution in [0.5, 0.6) is 11.5 Å². The van der Waals surface area contributed by atoms with E-state index in [0.29, 0.717) is 43.6 Å². The summed E-state index contributed by atoms with van der Waals surface area (Å²) < 4.78 is 13.6. The van der Waals surface area contributed by atoms with E-state index >= 15 is 0 Å². The van der Waals surface area contributed by atoms with Crippen molar-refractivity contribution in [3.63, 3.8) is 0 Å². The molecule has 0 spiro atoms. The van der Waals surface area contributed by atoms with Gasteiger partial charge in [0.1, 0.15) is 11.5 Å². The monoisotopic (exact) mass is 593 g/mol. The molecule has 1 fully saturated rings. The number of rotatable bonds is 11. The molecule has 1 amide bonds. The van der Waals surface area contributed by atoms with Crippen molar-refractivity contribution in [2.45, 2.75) is 65.0 Å². The highest BCUT2D eigenvalue weighted by Crippen LogP contribution is 2.57. The van der Waals surface area contributed by atoms with E-state index in [0.717, 1.165) is 46.7 Å². The molecule has 8 heteroatoms. The summed E-state index contributed by atoms with van der Waals surface area (Å²) in [6.45, 7) is 8.99. The van der Waals surface area contributed by atoms with E-state index in [1.54, 1.807) is 6.07 Å². The van der Waals surface area contributed by atoms with Crippen LogP contribution in [0.2, 0.25) is 0 Å². The smallest absolute Gasteiger partial charge is 0.347 e. The highest BCUT2D eigenvalue weighted by atomic mass is 16.5. The number of fused-ring (bicyclic) bond motifs is 3. The van der Waals surface area contributed by atoms with Gasteiger partial charge in [-0.15, -0.1) is 0 Å². The molecular formula is C36H39N3O5. The maximum atomic E-state index is 13.5. The topological polar surface area (TPSA) is 93.9 Å². The van der Waals surface area contributed by atoms with Gasteiger partial charge in [0.05, 0.1) is 19.3 Å². The molecule has 2 aliphatic rings. The Morgan fingerprint density at radius 2 is 1.86 bits per heavy atom. The van der Waals surface area contributed by atoms with Crippen LogP contribution in [0, 0.1) is 19.8 Å². The van der Waals surface area contributed by atoms with Crippen molar-refractivity contribution >= 4 is 17.6 Å². The molecular weight excluding hydrogens is 554 g/mol. The Morgan fingerprint density at radius 1 is 1.07 bits per heavy atom. The zero-order valence-electron chi connectivity index (χ0n) is 25.7. The Balaban J connectivity index is 1.14. The molecule has 1 saturated carbocycles. The van der Waals surface area contributed by atoms with E-state index < -0.39 is 11.6 Å². The number of carbonyl (C=O) groups excluding carboxylic acids is 1. The van der Waals surface area contributed by atoms with Gasteiger partial charge in [-0.1, -0.05) is 36.4 Å². The fourth-order valence-electron chi connectivity index (χ4n) is 6.04. The second-order valence-corrected chi connectivity index (χ2v) is 12.5. The van der Waals surface area contributed by atoms with Gasteiger partial charge in [-0.2, -0.15) is 5.10 Å². The fraction of sp³-hybridized carbons (Fsp3) is 0.361. The lowest BCUT2D eigenvalue weighted by atomic mass is 9.92. The van der Waals surface area contributed by atoms with Crippen molar-refractivity contribution in [2.75, 3.05) is 18.1 Å². The van der Waals surface area contributed by atoms with E-state index in [-0.39, 0.29) is 5.91 Å². The van der Waals surface area contributed by atoms with Crippen LogP contribution in [0.1, 0.15) is 61.3 Å². The van der Waals surface area contributed by atoms with Crippen LogP contribution in [0.15, 0.2) is 73.1 Å². The Kier molecular flexibility index (Phi) is 7.93. The van der Waals surface area contributed by atoms with Crippen molar-refractivity contribution in [3.05, 3.63) is 95.3 Å². The standard InChI is InChI=1S/C36H39N3O5/c1-23-9-5-14-32(24(23)2)43-16-8-15-33(40)39-22-26-18-30(26)34-29(12-7-13-31(34)39)27-19-37-38(21-27)20-25-10-6-11-28(17-25)44-36(3,4)35(41)42/h5-7,9-14,17,19,21,26,30H,8,15-16,18,20,22H2,1-4H3,(H,41,42)/t26-,30-/m0/s1. The predicted molar refractivity (Wildman–Crippen MR) is 169 cm³/mol. The predicted octanol–water partition coefficient (Wildman–Crippen LogP) is 6.77. The fourth-order valence-corrected chi connectivity index (χ4v) is 6.04. The molecule has 0 saturated heterocycles. The summed E-state index contributed by atoms with van der Waals surface area (Å²) in [4.78, 5) is 26.9. The second-order valence-electron chi connectivity index (χ2n) is 12.5. The number of aliphatic carboxylic acids is 1. The molecule has 2 heterocycles. The highest BCUT2D eigenvalue weighted by molar-refractivity contribution is 5.97. The maximum absolute atomic E-state index is 13.5. The van der Waals surface area contributed by atoms with Crippen molar-refractivity contribution in [3.8, 4) is 22.6 Å². The normalized spacial score (nSPS) is 17.0. The van der Waals surface area contributed by atoms with Crippen LogP contribution in [-0.4, -0.2) is 45.5 Å². The number of nitrogens with zero attached hydrogens (tertiary/aromatic N) is 3. The number of carboxylic acids is 1. The van der Waals surface area contributed by atoms with Gasteiger partial charge in [0.15, 0.2) is 5.60 Å². The van der Waals surface area contributed by atoms with Gasteiger partial charge >= 0.3 is 5.97 Å². The first-order valence-electron chi connectivity index (χ1n) is 15.3. The number of anilines is 1. The summed E-state index contributed by atoms with van der Waals surface area (Å²) in [6, 6.07) is 19.7. The van der Waals surface area contributed by atoms with E-state index in [9.17, 15) is 14.7 Å². The number of carboxylic acid groups (broad SMARTS) is 1. The van der Waals surface area contributed by atoms with Crippen molar-refractivity contribution in [1.82, 2.24) is 9.78 Å². The molecule has 2 atom stereocenters. The molecule has 1 aliphatic carbocycles. The third kappa shape index (κ3) is 6.07. The largest absolute Gasteiger partial charge is 0.493 e. The van der Waals surface area contributed by atoms with Gasteiger partial charge in [0.25, 0.3) is 0 Å². The highest BCUT2D eigenvalue weighted by Gasteiger charge is 2.47. The van der Waals surface area contributed by atoms with Crippen LogP contribution in [0.3, 0.4) is 0 Å². The number of aromatic nitrogens is 2. The summed E-state index contributed by atoms with van der Waals surface area (Å²) in [5.74, 6) is 1.46. The third-order valence-electron chi connectivity index (χ3n) is 8.81. The van der Waals surface area contributed by atoms with Gasteiger partial charge in [-0.25, -0.2) is 4.79 Å². The van der Waals surface area contributed by atoms with Gasteiger partial charge in [0, 0.05) is 30.4 Å². The van der Waals surface area contributed by atoms with E-state index in [1.807, 2.05) is 58.4 Å². The molecule has 0 bridgehead atoms. The average Bonchev–Trinajstić information content (AvgIpc) is 3.64. The van der Waals surface area contributed by atoms with Crippen LogP contribution < -0.4 is 14.4 Å². The zero-order valence-corrected chi connectivity index (χ0v) is 25.7. The molecule has 8 nitrogen and oxygen atoms in total. The number of ether oxygens (including phenoxy) is 2. The summed E-state index contributed by atoms with van der Waals surface area (Å²) in [6.07, 6.45) is 6.12. The molecule has 6 rings (SSSR count). The number of aryl methyl sites for hydroxylation is 1. The Labute approximate surface area is 258 Å². The lowest BCUT2D eigenvalue weighted by Crippen LogP contribution is -2.37. The Morgan fingerprint density at radius 3 is 2.68 bits per heavy atom. The first-order valence-corrected chi connectivity index (χ1v) is 15.3. The van der Waals surface area contributed by atoms with Gasteiger partial charge in [-0.05, 0) is 104 Å². The first kappa shape index (κ1) is 29.5. The second kappa shape index (κ2) is 11.8. The summed E-state index contributed by atoms with van der Waals surface area (Å²) in [5, 5.41) is 14.0. The lowest BCUT2D eigenvalue weighted by molar-refractivity contribution is -0.152. The molecule has 1 aliphatic heterocycles. The third-order valence-corrected chi connectivity index (χ3v) is 8.81. The van der Waals surface area contributed by atoms with Crippen LogP contribution in [-0.2, 0) is 16.1 Å². The number of amides is 1. The van der Waals surface area contributed by atoms with Crippen LogP contribution >= 0.6 is 0 Å². The first-order chi connectivity index (χ1) is 21.1. The van der Waals surface area contributed by atoms with Crippen molar-refractivity contribution < 1.29 is 24.2 Å². The van der Waals surface area contributed by atoms with Crippen LogP contribution in [0.25, 0.3) is 11.1 Å². The Hall–Kier alpha value is -4.59. The van der Waals surface area contributed by atoms with Crippen molar-refractivity contribution in [2.24, 2.45) is 5.92 Å². The number of benzene rings is 3. The van der Waals surface area contributed by atoms with Gasteiger partial charge in [0.2, 0.25) is 5.91 Å². The number of carbonyl (C=O) groups is 2. The molecule has 228 valence electrons. The minimum absolute atomic E-state index is 0.141. The molecule has 1 aromatic heterocycles. The van der Waals surface area contributed by atoms with Gasteiger partial charge in [-0.3, -0.25) is 9.48 Å². The summed E-state index contributed by atoms with van der Waals surface area (Å²) in [5.41, 5.74) is 6.37. The zero-order chi connectivity index (χ0) is 31.0. The number of hydrogen-bond donors (Lipinski definition) is 1. The minimum Gasteiger partial charge on any atom is -0.493 e. The average molecular weight is 594 g/mol. The van der Waals surface area contributed by atoms with E-state index in [4.69, 9.17) is 9.47 Å². The quantitative estimate of drug-likeness (QED) is 0.193. The molecule has 4 aromatic rings. The lowest BCUT2D eigenvalue weighted by Gasteiger charge is -2.30. The Bertz CT molecular complexity index is 1710. The molecule has 0 radical (unpaired) electrons. The maximum Gasteiger partial charge on any atom is 0.347 e. The molecule has 1 N–H and O–H groups in total. The number of hydrogen-bond acceptors (Lipinski definition) is 5. The summed E-state index contributed by atoms with van der Waals surface area (Å²) in [7, 11) is 0. The van der Waals surface area contributed by atoms with E-state index in [2.05, 4.69) is 37.1 Å². The minimum atomic E-state index is -1.33. The van der Waals surface area contributed by atoms with Gasteiger partial charge < -0.3 is 19.5 Å². The molecule has 44 heavy (non-hydrogen) atoms. The molecule has 3 aromatic carbocycles. The summed E-state index contributed by atoms with van der Waals surface area (Å²) >= 11 is 0. The molecule has 0 unspecified atom stereocenters. The SMILES string of the molecule is Cc1cccc(OCCCC(=O)N2C[C@@H]3C[C@@H]3c3c(-c4cnn(Cc5cccc(OC(C)(C)C(=O)O)c5)c4)cccc32)c1C.